The first-order chi connectivity index (χ1) is 10.6. The van der Waals surface area contributed by atoms with E-state index in [9.17, 15) is 9.59 Å². The third-order valence-electron chi connectivity index (χ3n) is 3.10. The van der Waals surface area contributed by atoms with Crippen LogP contribution in [-0.4, -0.2) is 53.3 Å². The van der Waals surface area contributed by atoms with Gasteiger partial charge in [-0.3, -0.25) is 14.0 Å². The second kappa shape index (κ2) is 8.30. The average molecular weight is 341 g/mol. The van der Waals surface area contributed by atoms with E-state index < -0.39 is 0 Å². The summed E-state index contributed by atoms with van der Waals surface area (Å²) in [5.74, 6) is 1.02. The van der Waals surface area contributed by atoms with Crippen LogP contribution in [0.25, 0.3) is 4.96 Å². The largest absolute Gasteiger partial charge is 0.385 e. The summed E-state index contributed by atoms with van der Waals surface area (Å²) in [5.41, 5.74) is 0.636. The molecule has 0 aliphatic rings. The second-order valence-corrected chi connectivity index (χ2v) is 6.65. The molecule has 2 aromatic rings. The maximum absolute atomic E-state index is 11.9. The van der Waals surface area contributed by atoms with E-state index in [2.05, 4.69) is 4.98 Å². The zero-order chi connectivity index (χ0) is 15.9. The monoisotopic (exact) mass is 341 g/mol. The van der Waals surface area contributed by atoms with Gasteiger partial charge in [0.25, 0.3) is 5.56 Å². The van der Waals surface area contributed by atoms with Crippen LogP contribution >= 0.6 is 23.1 Å². The Bertz CT molecular complexity index is 683. The first-order valence-electron chi connectivity index (χ1n) is 6.88. The molecule has 0 aromatic carbocycles. The fourth-order valence-electron chi connectivity index (χ4n) is 1.89. The molecule has 1 amide bonds. The molecular formula is C14H19N3O3S2. The van der Waals surface area contributed by atoms with E-state index in [0.29, 0.717) is 35.3 Å². The van der Waals surface area contributed by atoms with E-state index in [1.54, 1.807) is 25.3 Å². The molecule has 2 aromatic heterocycles. The van der Waals surface area contributed by atoms with Crippen molar-refractivity contribution in [3.05, 3.63) is 33.7 Å². The molecule has 0 aliphatic carbocycles. The van der Waals surface area contributed by atoms with Crippen molar-refractivity contribution in [3.63, 3.8) is 0 Å². The normalized spacial score (nSPS) is 11.0. The second-order valence-electron chi connectivity index (χ2n) is 4.80. The Kier molecular flexibility index (Phi) is 6.41. The summed E-state index contributed by atoms with van der Waals surface area (Å²) in [6.45, 7) is 1.34. The van der Waals surface area contributed by atoms with Gasteiger partial charge >= 0.3 is 0 Å². The first kappa shape index (κ1) is 17.0. The molecule has 0 spiro atoms. The summed E-state index contributed by atoms with van der Waals surface area (Å²) in [4.78, 5) is 30.6. The first-order valence-corrected chi connectivity index (χ1v) is 8.91. The van der Waals surface area contributed by atoms with E-state index in [4.69, 9.17) is 4.74 Å². The summed E-state index contributed by atoms with van der Waals surface area (Å²) in [6, 6.07) is 1.53. The topological polar surface area (TPSA) is 63.9 Å². The number of amides is 1. The molecule has 0 saturated carbocycles. The van der Waals surface area contributed by atoms with Crippen LogP contribution in [0.5, 0.6) is 0 Å². The number of hydrogen-bond acceptors (Lipinski definition) is 6. The lowest BCUT2D eigenvalue weighted by Gasteiger charge is -2.16. The Morgan fingerprint density at radius 3 is 3.14 bits per heavy atom. The van der Waals surface area contributed by atoms with Gasteiger partial charge in [-0.25, -0.2) is 4.98 Å². The lowest BCUT2D eigenvalue weighted by atomic mass is 10.4. The van der Waals surface area contributed by atoms with Crippen molar-refractivity contribution in [2.24, 2.45) is 0 Å². The van der Waals surface area contributed by atoms with Crippen LogP contribution < -0.4 is 5.56 Å². The maximum Gasteiger partial charge on any atom is 0.258 e. The Balaban J connectivity index is 1.82. The van der Waals surface area contributed by atoms with Crippen molar-refractivity contribution in [1.29, 1.82) is 0 Å². The van der Waals surface area contributed by atoms with Crippen molar-refractivity contribution in [3.8, 4) is 0 Å². The molecule has 8 heteroatoms. The highest BCUT2D eigenvalue weighted by atomic mass is 32.2. The van der Waals surface area contributed by atoms with Gasteiger partial charge in [0.2, 0.25) is 5.91 Å². The van der Waals surface area contributed by atoms with Crippen LogP contribution in [0.2, 0.25) is 0 Å². The van der Waals surface area contributed by atoms with E-state index >= 15 is 0 Å². The number of rotatable bonds is 8. The third-order valence-corrected chi connectivity index (χ3v) is 4.81. The minimum Gasteiger partial charge on any atom is -0.385 e. The van der Waals surface area contributed by atoms with Gasteiger partial charge in [0.1, 0.15) is 0 Å². The Labute approximate surface area is 137 Å². The highest BCUT2D eigenvalue weighted by Gasteiger charge is 2.09. The number of ether oxygens (including phenoxy) is 1. The summed E-state index contributed by atoms with van der Waals surface area (Å²) in [6.07, 6.45) is 2.54. The van der Waals surface area contributed by atoms with Crippen molar-refractivity contribution >= 4 is 34.0 Å². The SMILES string of the molecule is COCCCN(C)C(=O)CSCc1cc(=O)n2ccsc2n1. The minimum atomic E-state index is -0.0788. The molecule has 0 bridgehead atoms. The molecular weight excluding hydrogens is 322 g/mol. The Morgan fingerprint density at radius 1 is 1.55 bits per heavy atom. The minimum absolute atomic E-state index is 0.0787. The van der Waals surface area contributed by atoms with E-state index in [1.165, 1.54) is 33.6 Å². The highest BCUT2D eigenvalue weighted by molar-refractivity contribution is 7.99. The molecule has 0 fully saturated rings. The molecule has 0 unspecified atom stereocenters. The van der Waals surface area contributed by atoms with Gasteiger partial charge in [0.05, 0.1) is 11.4 Å². The maximum atomic E-state index is 11.9. The van der Waals surface area contributed by atoms with Crippen molar-refractivity contribution in [1.82, 2.24) is 14.3 Å². The summed E-state index contributed by atoms with van der Waals surface area (Å²) in [7, 11) is 3.44. The Morgan fingerprint density at radius 2 is 2.36 bits per heavy atom. The fourth-order valence-corrected chi connectivity index (χ4v) is 3.48. The zero-order valence-electron chi connectivity index (χ0n) is 12.7. The van der Waals surface area contributed by atoms with Crippen LogP contribution in [0, 0.1) is 0 Å². The number of carbonyl (C=O) groups is 1. The molecule has 2 rings (SSSR count). The summed E-state index contributed by atoms with van der Waals surface area (Å²) >= 11 is 2.90. The van der Waals surface area contributed by atoms with Crippen LogP contribution in [0.4, 0.5) is 0 Å². The quantitative estimate of drug-likeness (QED) is 0.681. The summed E-state index contributed by atoms with van der Waals surface area (Å²) < 4.78 is 6.49. The summed E-state index contributed by atoms with van der Waals surface area (Å²) in [5, 5.41) is 1.83. The highest BCUT2D eigenvalue weighted by Crippen LogP contribution is 2.12. The lowest BCUT2D eigenvalue weighted by Crippen LogP contribution is -2.29. The molecule has 0 aliphatic heterocycles. The number of thiazole rings is 1. The van der Waals surface area contributed by atoms with Crippen LogP contribution in [-0.2, 0) is 15.3 Å². The van der Waals surface area contributed by atoms with E-state index in [1.807, 2.05) is 5.38 Å². The molecule has 120 valence electrons. The van der Waals surface area contributed by atoms with Gasteiger partial charge < -0.3 is 9.64 Å². The third kappa shape index (κ3) is 4.56. The van der Waals surface area contributed by atoms with Crippen LogP contribution in [0.1, 0.15) is 12.1 Å². The molecule has 0 atom stereocenters. The number of aromatic nitrogens is 2. The van der Waals surface area contributed by atoms with Crippen molar-refractivity contribution < 1.29 is 9.53 Å². The molecule has 0 radical (unpaired) electrons. The molecule has 22 heavy (non-hydrogen) atoms. The Hall–Kier alpha value is -1.38. The van der Waals surface area contributed by atoms with E-state index in [0.717, 1.165) is 6.42 Å². The van der Waals surface area contributed by atoms with Gasteiger partial charge in [-0.15, -0.1) is 23.1 Å². The van der Waals surface area contributed by atoms with Gasteiger partial charge in [-0.2, -0.15) is 0 Å². The number of hydrogen-bond donors (Lipinski definition) is 0. The fraction of sp³-hybridized carbons (Fsp3) is 0.500. The standard InChI is InChI=1S/C14H19N3O3S2/c1-16(4-3-6-20-2)13(19)10-21-9-11-8-12(18)17-5-7-22-14(17)15-11/h5,7-8H,3-4,6,9-10H2,1-2H3. The molecule has 6 nitrogen and oxygen atoms in total. The van der Waals surface area contributed by atoms with Gasteiger partial charge in [0.15, 0.2) is 4.96 Å². The molecule has 0 saturated heterocycles. The van der Waals surface area contributed by atoms with Crippen molar-refractivity contribution in [2.45, 2.75) is 12.2 Å². The van der Waals surface area contributed by atoms with Crippen LogP contribution in [0.3, 0.4) is 0 Å². The molecule has 0 N–H and O–H groups in total. The zero-order valence-corrected chi connectivity index (χ0v) is 14.3. The molecule has 2 heterocycles. The van der Waals surface area contributed by atoms with Crippen LogP contribution in [0.15, 0.2) is 22.4 Å². The number of fused-ring (bicyclic) bond motifs is 1. The lowest BCUT2D eigenvalue weighted by molar-refractivity contribution is -0.127. The number of methoxy groups -OCH3 is 1. The van der Waals surface area contributed by atoms with Crippen molar-refractivity contribution in [2.75, 3.05) is 33.1 Å². The predicted molar refractivity (Wildman–Crippen MR) is 89.6 cm³/mol. The smallest absolute Gasteiger partial charge is 0.258 e. The van der Waals surface area contributed by atoms with Gasteiger partial charge in [0, 0.05) is 50.7 Å². The average Bonchev–Trinajstić information content (AvgIpc) is 2.96. The number of thioether (sulfide) groups is 1. The predicted octanol–water partition coefficient (Wildman–Crippen LogP) is 1.48. The number of nitrogens with zero attached hydrogens (tertiary/aromatic N) is 3. The number of carbonyl (C=O) groups excluding carboxylic acids is 1. The van der Waals surface area contributed by atoms with E-state index in [-0.39, 0.29) is 11.5 Å². The van der Waals surface area contributed by atoms with Gasteiger partial charge in [-0.05, 0) is 6.42 Å². The van der Waals surface area contributed by atoms with Gasteiger partial charge in [-0.1, -0.05) is 0 Å².